The number of nitrogens with zero attached hydrogens (tertiary/aromatic N) is 2. The molecule has 0 unspecified atom stereocenters. The number of hydrogen-bond donors (Lipinski definition) is 2. The molecule has 2 fully saturated rings. The number of nitrogens with one attached hydrogen (secondary N) is 2. The molecule has 0 saturated carbocycles. The minimum absolute atomic E-state index is 0.0732. The van der Waals surface area contributed by atoms with Crippen molar-refractivity contribution in [1.82, 2.24) is 20.0 Å². The number of benzene rings is 1. The average molecular weight is 340 g/mol. The molecule has 2 aliphatic heterocycles. The van der Waals surface area contributed by atoms with Gasteiger partial charge in [-0.15, -0.1) is 0 Å². The number of H-pyrrole nitrogens is 1. The number of hydrogen-bond acceptors (Lipinski definition) is 3. The zero-order valence-electron chi connectivity index (χ0n) is 14.5. The third kappa shape index (κ3) is 3.14. The van der Waals surface area contributed by atoms with Crippen molar-refractivity contribution in [1.29, 1.82) is 0 Å². The van der Waals surface area contributed by atoms with Crippen LogP contribution in [0.1, 0.15) is 28.9 Å². The third-order valence-electron chi connectivity index (χ3n) is 5.55. The minimum atomic E-state index is -0.205. The van der Waals surface area contributed by atoms with Crippen molar-refractivity contribution < 1.29 is 4.79 Å². The van der Waals surface area contributed by atoms with Crippen molar-refractivity contribution in [2.75, 3.05) is 26.2 Å². The van der Waals surface area contributed by atoms with Crippen LogP contribution in [0.3, 0.4) is 0 Å². The molecule has 4 rings (SSSR count). The molecule has 3 heterocycles. The first kappa shape index (κ1) is 16.1. The van der Waals surface area contributed by atoms with Crippen LogP contribution in [0.25, 0.3) is 5.69 Å². The summed E-state index contributed by atoms with van der Waals surface area (Å²) in [7, 11) is 0. The number of aryl methyl sites for hydroxylation is 1. The molecule has 2 N–H and O–H groups in total. The standard InChI is InChI=1S/C19H24N4O2/c1-13-2-4-16(5-3-13)23-18(24)10-17(21-23)19(25)22-8-6-14-11-20-12-15(14)7-9-22/h2-5,10,14-15,20-21H,6-9,11-12H2,1H3/t14-,15+. The highest BCUT2D eigenvalue weighted by atomic mass is 16.2. The number of likely N-dealkylation sites (tertiary alicyclic amines) is 1. The summed E-state index contributed by atoms with van der Waals surface area (Å²) in [6.07, 6.45) is 2.07. The van der Waals surface area contributed by atoms with Crippen molar-refractivity contribution in [3.8, 4) is 5.69 Å². The molecule has 0 bridgehead atoms. The van der Waals surface area contributed by atoms with Crippen molar-refractivity contribution >= 4 is 5.91 Å². The Bertz CT molecular complexity index is 807. The van der Waals surface area contributed by atoms with Crippen LogP contribution in [-0.2, 0) is 0 Å². The Hall–Kier alpha value is -2.34. The number of carbonyl (C=O) groups is 1. The summed E-state index contributed by atoms with van der Waals surface area (Å²) in [5.41, 5.74) is 2.04. The van der Waals surface area contributed by atoms with E-state index in [2.05, 4.69) is 10.4 Å². The van der Waals surface area contributed by atoms with E-state index in [0.29, 0.717) is 17.5 Å². The Morgan fingerprint density at radius 1 is 1.08 bits per heavy atom. The second-order valence-corrected chi connectivity index (χ2v) is 7.23. The molecule has 25 heavy (non-hydrogen) atoms. The van der Waals surface area contributed by atoms with Gasteiger partial charge in [-0.25, -0.2) is 4.68 Å². The molecule has 2 atom stereocenters. The fraction of sp³-hybridized carbons (Fsp3) is 0.474. The fourth-order valence-corrected chi connectivity index (χ4v) is 3.98. The van der Waals surface area contributed by atoms with Crippen LogP contribution in [0, 0.1) is 18.8 Å². The lowest BCUT2D eigenvalue weighted by atomic mass is 9.92. The summed E-state index contributed by atoms with van der Waals surface area (Å²) in [6, 6.07) is 9.07. The molecule has 2 aliphatic rings. The normalized spacial score (nSPS) is 23.3. The van der Waals surface area contributed by atoms with Gasteiger partial charge in [0.15, 0.2) is 0 Å². The van der Waals surface area contributed by atoms with Crippen molar-refractivity contribution in [2.45, 2.75) is 19.8 Å². The number of fused-ring (bicyclic) bond motifs is 1. The van der Waals surface area contributed by atoms with Gasteiger partial charge in [0, 0.05) is 19.2 Å². The molecule has 2 saturated heterocycles. The van der Waals surface area contributed by atoms with Crippen LogP contribution in [0.4, 0.5) is 0 Å². The fourth-order valence-electron chi connectivity index (χ4n) is 3.98. The summed E-state index contributed by atoms with van der Waals surface area (Å²) in [4.78, 5) is 27.0. The lowest BCUT2D eigenvalue weighted by molar-refractivity contribution is 0.0752. The zero-order valence-corrected chi connectivity index (χ0v) is 14.5. The molecule has 1 amide bonds. The van der Waals surface area contributed by atoms with E-state index in [4.69, 9.17) is 0 Å². The van der Waals surface area contributed by atoms with Crippen molar-refractivity contribution in [2.24, 2.45) is 11.8 Å². The Kier molecular flexibility index (Phi) is 4.21. The molecular formula is C19H24N4O2. The van der Waals surface area contributed by atoms with Gasteiger partial charge in [0.25, 0.3) is 11.5 Å². The second kappa shape index (κ2) is 6.52. The Morgan fingerprint density at radius 2 is 1.72 bits per heavy atom. The smallest absolute Gasteiger partial charge is 0.271 e. The van der Waals surface area contributed by atoms with Crippen LogP contribution in [0.5, 0.6) is 0 Å². The van der Waals surface area contributed by atoms with Gasteiger partial charge in [0.2, 0.25) is 0 Å². The summed E-state index contributed by atoms with van der Waals surface area (Å²) >= 11 is 0. The number of amides is 1. The van der Waals surface area contributed by atoms with Crippen LogP contribution in [0.2, 0.25) is 0 Å². The minimum Gasteiger partial charge on any atom is -0.337 e. The maximum Gasteiger partial charge on any atom is 0.271 e. The molecule has 0 aliphatic carbocycles. The first-order chi connectivity index (χ1) is 12.1. The van der Waals surface area contributed by atoms with Crippen molar-refractivity contribution in [3.63, 3.8) is 0 Å². The van der Waals surface area contributed by atoms with Gasteiger partial charge < -0.3 is 10.2 Å². The molecule has 2 aromatic rings. The summed E-state index contributed by atoms with van der Waals surface area (Å²) in [6.45, 7) is 5.65. The Balaban J connectivity index is 1.53. The Labute approximate surface area is 146 Å². The first-order valence-electron chi connectivity index (χ1n) is 9.01. The Morgan fingerprint density at radius 3 is 2.36 bits per heavy atom. The molecule has 6 nitrogen and oxygen atoms in total. The molecule has 1 aromatic carbocycles. The van der Waals surface area contributed by atoms with Crippen LogP contribution < -0.4 is 10.9 Å². The molecule has 0 spiro atoms. The van der Waals surface area contributed by atoms with E-state index < -0.39 is 0 Å². The van der Waals surface area contributed by atoms with Gasteiger partial charge in [0.05, 0.1) is 5.69 Å². The lowest BCUT2D eigenvalue weighted by Gasteiger charge is -2.20. The van der Waals surface area contributed by atoms with Crippen molar-refractivity contribution in [3.05, 3.63) is 51.9 Å². The number of rotatable bonds is 2. The molecule has 0 radical (unpaired) electrons. The summed E-state index contributed by atoms with van der Waals surface area (Å²) in [5, 5.41) is 6.43. The molecule has 1 aromatic heterocycles. The maximum atomic E-state index is 12.9. The molecule has 132 valence electrons. The highest BCUT2D eigenvalue weighted by Crippen LogP contribution is 2.27. The number of aromatic amines is 1. The SMILES string of the molecule is Cc1ccc(-n2[nH]c(C(=O)N3CC[C@@H]4CNC[C@@H]4CC3)cc2=O)cc1. The lowest BCUT2D eigenvalue weighted by Crippen LogP contribution is -2.33. The molecular weight excluding hydrogens is 316 g/mol. The molecule has 6 heteroatoms. The van der Waals surface area contributed by atoms with E-state index in [1.165, 1.54) is 10.7 Å². The van der Waals surface area contributed by atoms with Crippen LogP contribution >= 0.6 is 0 Å². The van der Waals surface area contributed by atoms with E-state index in [1.54, 1.807) is 0 Å². The predicted octanol–water partition coefficient (Wildman–Crippen LogP) is 1.55. The van der Waals surface area contributed by atoms with E-state index in [-0.39, 0.29) is 11.5 Å². The predicted molar refractivity (Wildman–Crippen MR) is 96.1 cm³/mol. The summed E-state index contributed by atoms with van der Waals surface area (Å²) in [5.74, 6) is 1.28. The number of aromatic nitrogens is 2. The summed E-state index contributed by atoms with van der Waals surface area (Å²) < 4.78 is 1.43. The highest BCUT2D eigenvalue weighted by Gasteiger charge is 2.32. The van der Waals surface area contributed by atoms with Crippen LogP contribution in [0.15, 0.2) is 35.1 Å². The average Bonchev–Trinajstić information content (AvgIpc) is 3.17. The van der Waals surface area contributed by atoms with Gasteiger partial charge in [-0.2, -0.15) is 0 Å². The quantitative estimate of drug-likeness (QED) is 0.871. The van der Waals surface area contributed by atoms with Gasteiger partial charge >= 0.3 is 0 Å². The van der Waals surface area contributed by atoms with Gasteiger partial charge in [-0.3, -0.25) is 14.7 Å². The van der Waals surface area contributed by atoms with E-state index >= 15 is 0 Å². The van der Waals surface area contributed by atoms with Gasteiger partial charge in [-0.05, 0) is 56.8 Å². The first-order valence-corrected chi connectivity index (χ1v) is 9.01. The van der Waals surface area contributed by atoms with Gasteiger partial charge in [0.1, 0.15) is 5.69 Å². The largest absolute Gasteiger partial charge is 0.337 e. The van der Waals surface area contributed by atoms with E-state index in [0.717, 1.165) is 50.3 Å². The maximum absolute atomic E-state index is 12.9. The van der Waals surface area contributed by atoms with Gasteiger partial charge in [-0.1, -0.05) is 17.7 Å². The topological polar surface area (TPSA) is 70.1 Å². The second-order valence-electron chi connectivity index (χ2n) is 7.23. The zero-order chi connectivity index (χ0) is 17.4. The third-order valence-corrected chi connectivity index (χ3v) is 5.55. The van der Waals surface area contributed by atoms with Crippen LogP contribution in [-0.4, -0.2) is 46.8 Å². The number of carbonyl (C=O) groups excluding carboxylic acids is 1. The highest BCUT2D eigenvalue weighted by molar-refractivity contribution is 5.92. The monoisotopic (exact) mass is 340 g/mol. The van der Waals surface area contributed by atoms with E-state index in [9.17, 15) is 9.59 Å². The van der Waals surface area contributed by atoms with E-state index in [1.807, 2.05) is 36.1 Å².